The number of thiophene rings is 2. The first-order valence-electron chi connectivity index (χ1n) is 18.4. The molecule has 0 aliphatic carbocycles. The number of halogens is 2. The second kappa shape index (κ2) is 18.5. The van der Waals surface area contributed by atoms with Crippen LogP contribution in [0.4, 0.5) is 0 Å². The molecule has 0 atom stereocenters. The first kappa shape index (κ1) is 46.4. The van der Waals surface area contributed by atoms with Crippen molar-refractivity contribution < 1.29 is 33.6 Å². The average molecular weight is 987 g/mol. The molecule has 0 fully saturated rings. The highest BCUT2D eigenvalue weighted by molar-refractivity contribution is 9.11. The van der Waals surface area contributed by atoms with E-state index < -0.39 is 5.97 Å². The highest BCUT2D eigenvalue weighted by Crippen LogP contribution is 2.46. The van der Waals surface area contributed by atoms with Gasteiger partial charge in [-0.25, -0.2) is 14.2 Å². The molecular formula is C43H50Br2N6O7S2. The second-order valence-corrected chi connectivity index (χ2v) is 18.8. The summed E-state index contributed by atoms with van der Waals surface area (Å²) in [6.45, 7) is 12.8. The molecule has 60 heavy (non-hydrogen) atoms. The number of carboxylic acids is 1. The molecule has 1 amide bonds. The van der Waals surface area contributed by atoms with Crippen LogP contribution in [0.3, 0.4) is 0 Å². The maximum atomic E-state index is 13.3. The quantitative estimate of drug-likeness (QED) is 0.166. The minimum Gasteiger partial charge on any atom is -0.495 e. The number of benzene rings is 2. The third kappa shape index (κ3) is 9.44. The molecule has 4 aromatic heterocycles. The number of methoxy groups -OCH3 is 2. The van der Waals surface area contributed by atoms with E-state index in [2.05, 4.69) is 63.0 Å². The van der Waals surface area contributed by atoms with Gasteiger partial charge in [-0.05, 0) is 115 Å². The lowest BCUT2D eigenvalue weighted by molar-refractivity contribution is 0.0644. The summed E-state index contributed by atoms with van der Waals surface area (Å²) >= 11 is 10.1. The second-order valence-electron chi connectivity index (χ2n) is 15.5. The molecular weight excluding hydrogens is 936 g/mol. The lowest BCUT2D eigenvalue weighted by atomic mass is 10.0. The molecule has 0 bridgehead atoms. The van der Waals surface area contributed by atoms with E-state index in [1.807, 2.05) is 84.4 Å². The number of aromatic carboxylic acids is 1. The Morgan fingerprint density at radius 2 is 1.22 bits per heavy atom. The third-order valence-electron chi connectivity index (χ3n) is 9.70. The highest BCUT2D eigenvalue weighted by atomic mass is 79.9. The fourth-order valence-electron chi connectivity index (χ4n) is 5.96. The van der Waals surface area contributed by atoms with Crippen molar-refractivity contribution in [3.05, 3.63) is 89.4 Å². The number of nitrogens with one attached hydrogen (secondary N) is 1. The Hall–Kier alpha value is -4.68. The van der Waals surface area contributed by atoms with Gasteiger partial charge < -0.3 is 34.3 Å². The van der Waals surface area contributed by atoms with Gasteiger partial charge in [0.2, 0.25) is 0 Å². The number of carbonyl (C=O) groups excluding carboxylic acids is 1. The number of hydrogen-bond donors (Lipinski definition) is 2. The monoisotopic (exact) mass is 984 g/mol. The molecule has 2 aromatic carbocycles. The van der Waals surface area contributed by atoms with Crippen molar-refractivity contribution in [3.63, 3.8) is 0 Å². The number of carbonyl (C=O) groups is 2. The summed E-state index contributed by atoms with van der Waals surface area (Å²) in [7, 11) is 6.96. The van der Waals surface area contributed by atoms with Gasteiger partial charge in [0.15, 0.2) is 11.4 Å². The molecule has 0 saturated heterocycles. The molecule has 2 aliphatic heterocycles. The number of fused-ring (bicyclic) bond motifs is 6. The summed E-state index contributed by atoms with van der Waals surface area (Å²) in [5.74, 6) is 1.49. The van der Waals surface area contributed by atoms with Crippen molar-refractivity contribution in [1.82, 2.24) is 29.8 Å². The van der Waals surface area contributed by atoms with Crippen LogP contribution >= 0.6 is 54.5 Å². The van der Waals surface area contributed by atoms with Crippen molar-refractivity contribution in [3.8, 4) is 56.9 Å². The number of carboxylic acid groups (broad SMARTS) is 1. The van der Waals surface area contributed by atoms with Crippen molar-refractivity contribution in [1.29, 1.82) is 0 Å². The molecule has 13 nitrogen and oxygen atoms in total. The summed E-state index contributed by atoms with van der Waals surface area (Å²) < 4.78 is 27.6. The summed E-state index contributed by atoms with van der Waals surface area (Å²) in [5.41, 5.74) is 6.75. The van der Waals surface area contributed by atoms with E-state index in [9.17, 15) is 14.7 Å². The van der Waals surface area contributed by atoms with E-state index in [1.165, 1.54) is 11.3 Å². The molecule has 0 radical (unpaired) electrons. The Kier molecular flexibility index (Phi) is 14.3. The van der Waals surface area contributed by atoms with Crippen LogP contribution in [-0.4, -0.2) is 80.8 Å². The number of ether oxygens (including phenoxy) is 4. The van der Waals surface area contributed by atoms with E-state index in [1.54, 1.807) is 48.3 Å². The molecule has 0 spiro atoms. The van der Waals surface area contributed by atoms with Crippen LogP contribution in [-0.2, 0) is 13.2 Å². The molecule has 8 rings (SSSR count). The fourth-order valence-corrected chi connectivity index (χ4v) is 8.19. The number of nitrogens with zero attached hydrogens (tertiary/aromatic N) is 5. The van der Waals surface area contributed by atoms with Gasteiger partial charge in [0.25, 0.3) is 5.91 Å². The number of rotatable bonds is 6. The first-order valence-corrected chi connectivity index (χ1v) is 21.9. The molecule has 17 heteroatoms. The van der Waals surface area contributed by atoms with Gasteiger partial charge in [-0.1, -0.05) is 7.43 Å². The molecule has 0 unspecified atom stereocenters. The van der Waals surface area contributed by atoms with Gasteiger partial charge in [-0.3, -0.25) is 4.79 Å². The van der Waals surface area contributed by atoms with Gasteiger partial charge in [0, 0.05) is 57.7 Å². The SMILES string of the molecule is C.CNC(C)(C)C.COc1cc2c(cc1Br)-c1c(c(C(=O)N(C)C(C)(C)C)nn1-c1ccsc1)CO2.COc1cc2c(cc1Br)-c1c(c(C(=O)O)nn1-c1ccsc1)CO2. The normalized spacial score (nSPS) is 12.3. The van der Waals surface area contributed by atoms with E-state index in [-0.39, 0.29) is 37.8 Å². The fraction of sp³-hybridized carbons (Fsp3) is 0.349. The van der Waals surface area contributed by atoms with E-state index in [0.29, 0.717) is 39.8 Å². The van der Waals surface area contributed by atoms with Gasteiger partial charge in [0.1, 0.15) is 36.2 Å². The molecule has 6 heterocycles. The predicted octanol–water partition coefficient (Wildman–Crippen LogP) is 10.7. The zero-order chi connectivity index (χ0) is 43.0. The summed E-state index contributed by atoms with van der Waals surface area (Å²) in [4.78, 5) is 26.6. The summed E-state index contributed by atoms with van der Waals surface area (Å²) in [6, 6.07) is 11.4. The van der Waals surface area contributed by atoms with Gasteiger partial charge >= 0.3 is 5.97 Å². The zero-order valence-corrected chi connectivity index (χ0v) is 39.2. The lowest BCUT2D eigenvalue weighted by Crippen LogP contribution is -2.43. The third-order valence-corrected chi connectivity index (χ3v) is 12.3. The Balaban J connectivity index is 0.000000200. The van der Waals surface area contributed by atoms with E-state index >= 15 is 0 Å². The molecule has 2 N–H and O–H groups in total. The average Bonchev–Trinajstić information content (AvgIpc) is 4.03. The Morgan fingerprint density at radius 3 is 1.57 bits per heavy atom. The highest BCUT2D eigenvalue weighted by Gasteiger charge is 2.35. The van der Waals surface area contributed by atoms with Crippen molar-refractivity contribution in [2.45, 2.75) is 73.3 Å². The smallest absolute Gasteiger partial charge is 0.356 e. The standard InChI is InChI=1S/C21H22BrN3O3S.C16H11BrN2O4S.C5H13N.CH4/c1-21(2,3)24(4)20(26)18-14-10-28-16-9-17(27-5)15(22)8-13(16)19(14)25(23-18)12-6-7-29-11-12;1-22-13-5-12-9(4-11(13)17)15-10(6-23-12)14(16(20)21)18-19(15)8-2-3-24-7-8;1-5(2,3)6-4;/h6-9,11H,10H2,1-5H3;2-5,7H,6H2,1H3,(H,20,21);6H,1-4H3;1H4. The van der Waals surface area contributed by atoms with Crippen molar-refractivity contribution >= 4 is 66.4 Å². The molecule has 2 aliphatic rings. The molecule has 320 valence electrons. The van der Waals surface area contributed by atoms with E-state index in [0.717, 1.165) is 48.4 Å². The number of aromatic nitrogens is 4. The predicted molar refractivity (Wildman–Crippen MR) is 245 cm³/mol. The van der Waals surface area contributed by atoms with Crippen molar-refractivity contribution in [2.75, 3.05) is 28.3 Å². The molecule has 0 saturated carbocycles. The Morgan fingerprint density at radius 1 is 0.800 bits per heavy atom. The molecule has 6 aromatic rings. The Labute approximate surface area is 375 Å². The van der Waals surface area contributed by atoms with Crippen LogP contribution in [0.1, 0.15) is 81.1 Å². The summed E-state index contributed by atoms with van der Waals surface area (Å²) in [6.07, 6.45) is 0. The van der Waals surface area contributed by atoms with Crippen LogP contribution in [0.5, 0.6) is 23.0 Å². The minimum atomic E-state index is -1.07. The van der Waals surface area contributed by atoms with Gasteiger partial charge in [0.05, 0.1) is 51.5 Å². The number of amides is 1. The van der Waals surface area contributed by atoms with Crippen LogP contribution < -0.4 is 24.3 Å². The van der Waals surface area contributed by atoms with Crippen LogP contribution in [0.15, 0.2) is 66.9 Å². The van der Waals surface area contributed by atoms with Crippen molar-refractivity contribution in [2.24, 2.45) is 0 Å². The van der Waals surface area contributed by atoms with Gasteiger partial charge in [-0.15, -0.1) is 0 Å². The maximum absolute atomic E-state index is 13.3. The van der Waals surface area contributed by atoms with E-state index in [4.69, 9.17) is 24.0 Å². The maximum Gasteiger partial charge on any atom is 0.356 e. The van der Waals surface area contributed by atoms with Crippen LogP contribution in [0, 0.1) is 0 Å². The van der Waals surface area contributed by atoms with Crippen LogP contribution in [0.25, 0.3) is 33.9 Å². The topological polar surface area (TPSA) is 142 Å². The summed E-state index contributed by atoms with van der Waals surface area (Å²) in [5, 5.41) is 29.5. The lowest BCUT2D eigenvalue weighted by Gasteiger charge is -2.31. The zero-order valence-electron chi connectivity index (χ0n) is 34.4. The van der Waals surface area contributed by atoms with Gasteiger partial charge in [-0.2, -0.15) is 32.9 Å². The first-order chi connectivity index (χ1) is 27.9. The largest absolute Gasteiger partial charge is 0.495 e. The van der Waals surface area contributed by atoms with Crippen LogP contribution in [0.2, 0.25) is 0 Å². The number of hydrogen-bond acceptors (Lipinski definition) is 11. The Bertz CT molecular complexity index is 2480. The minimum absolute atomic E-state index is 0.